The summed E-state index contributed by atoms with van der Waals surface area (Å²) in [7, 11) is -3.29. The van der Waals surface area contributed by atoms with Crippen molar-refractivity contribution in [2.45, 2.75) is 24.2 Å². The number of carbonyl (C=O) groups is 1. The van der Waals surface area contributed by atoms with Crippen molar-refractivity contribution >= 4 is 15.8 Å². The summed E-state index contributed by atoms with van der Waals surface area (Å²) in [4.78, 5) is 11.9. The minimum atomic E-state index is -3.29. The van der Waals surface area contributed by atoms with Crippen LogP contribution in [-0.4, -0.2) is 39.8 Å². The molecular formula is C15H19NO4S. The maximum atomic E-state index is 12.5. The number of hydrogen-bond acceptors (Lipinski definition) is 5. The van der Waals surface area contributed by atoms with Gasteiger partial charge in [0.05, 0.1) is 22.8 Å². The number of nitrogens with one attached hydrogen (secondary N) is 1. The maximum Gasteiger partial charge on any atom is 0.338 e. The van der Waals surface area contributed by atoms with E-state index in [1.165, 1.54) is 6.07 Å². The van der Waals surface area contributed by atoms with Crippen molar-refractivity contribution < 1.29 is 17.9 Å². The number of cyclic esters (lactones) is 1. The zero-order valence-corrected chi connectivity index (χ0v) is 12.6. The molecule has 2 aliphatic heterocycles. The summed E-state index contributed by atoms with van der Waals surface area (Å²) in [6, 6.07) is 4.75. The Hall–Kier alpha value is -1.40. The van der Waals surface area contributed by atoms with E-state index in [0.717, 1.165) is 31.5 Å². The number of esters is 1. The van der Waals surface area contributed by atoms with Gasteiger partial charge in [-0.05, 0) is 55.6 Å². The van der Waals surface area contributed by atoms with E-state index in [4.69, 9.17) is 4.74 Å². The molecule has 3 rings (SSSR count). The molecule has 0 unspecified atom stereocenters. The van der Waals surface area contributed by atoms with Gasteiger partial charge in [0.25, 0.3) is 0 Å². The molecule has 0 atom stereocenters. The van der Waals surface area contributed by atoms with Crippen molar-refractivity contribution in [2.24, 2.45) is 5.92 Å². The normalized spacial score (nSPS) is 19.9. The SMILES string of the molecule is O=C1OCCc2cc(S(=O)(=O)CC3CCNCC3)ccc21. The van der Waals surface area contributed by atoms with Gasteiger partial charge in [0.2, 0.25) is 0 Å². The van der Waals surface area contributed by atoms with Crippen LogP contribution >= 0.6 is 0 Å². The smallest absolute Gasteiger partial charge is 0.338 e. The first-order valence-electron chi connectivity index (χ1n) is 7.30. The Balaban J connectivity index is 1.83. The number of sulfone groups is 1. The summed E-state index contributed by atoms with van der Waals surface area (Å²) in [5.41, 5.74) is 1.26. The Kier molecular flexibility index (Phi) is 3.99. The van der Waals surface area contributed by atoms with Crippen molar-refractivity contribution in [3.8, 4) is 0 Å². The monoisotopic (exact) mass is 309 g/mol. The average molecular weight is 309 g/mol. The highest BCUT2D eigenvalue weighted by Crippen LogP contribution is 2.24. The van der Waals surface area contributed by atoms with Crippen LogP contribution in [0.2, 0.25) is 0 Å². The van der Waals surface area contributed by atoms with Crippen molar-refractivity contribution in [1.29, 1.82) is 0 Å². The third-order valence-electron chi connectivity index (χ3n) is 4.17. The van der Waals surface area contributed by atoms with Crippen molar-refractivity contribution in [3.63, 3.8) is 0 Å². The predicted octanol–water partition coefficient (Wildman–Crippen LogP) is 1.17. The van der Waals surface area contributed by atoms with Crippen LogP contribution in [0.4, 0.5) is 0 Å². The molecule has 0 aliphatic carbocycles. The molecule has 1 aromatic rings. The van der Waals surface area contributed by atoms with Crippen LogP contribution < -0.4 is 5.32 Å². The fourth-order valence-electron chi connectivity index (χ4n) is 2.96. The molecule has 2 heterocycles. The van der Waals surface area contributed by atoms with E-state index in [1.807, 2.05) is 0 Å². The van der Waals surface area contributed by atoms with Crippen molar-refractivity contribution in [1.82, 2.24) is 5.32 Å². The van der Waals surface area contributed by atoms with Crippen molar-refractivity contribution in [3.05, 3.63) is 29.3 Å². The number of piperidine rings is 1. The Bertz CT molecular complexity index is 648. The van der Waals surface area contributed by atoms with Gasteiger partial charge in [-0.25, -0.2) is 13.2 Å². The largest absolute Gasteiger partial charge is 0.462 e. The molecule has 0 spiro atoms. The van der Waals surface area contributed by atoms with Gasteiger partial charge in [-0.15, -0.1) is 0 Å². The molecule has 0 radical (unpaired) electrons. The van der Waals surface area contributed by atoms with E-state index < -0.39 is 9.84 Å². The zero-order valence-electron chi connectivity index (χ0n) is 11.8. The van der Waals surface area contributed by atoms with Gasteiger partial charge in [-0.3, -0.25) is 0 Å². The Labute approximate surface area is 124 Å². The predicted molar refractivity (Wildman–Crippen MR) is 78.1 cm³/mol. The number of carbonyl (C=O) groups excluding carboxylic acids is 1. The lowest BCUT2D eigenvalue weighted by molar-refractivity contribution is 0.0480. The summed E-state index contributed by atoms with van der Waals surface area (Å²) < 4.78 is 30.0. The summed E-state index contributed by atoms with van der Waals surface area (Å²) in [6.45, 7) is 2.09. The van der Waals surface area contributed by atoms with Crippen molar-refractivity contribution in [2.75, 3.05) is 25.4 Å². The second-order valence-corrected chi connectivity index (χ2v) is 7.71. The van der Waals surface area contributed by atoms with Gasteiger partial charge < -0.3 is 10.1 Å². The van der Waals surface area contributed by atoms with E-state index in [9.17, 15) is 13.2 Å². The summed E-state index contributed by atoms with van der Waals surface area (Å²) >= 11 is 0. The van der Waals surface area contributed by atoms with Gasteiger partial charge in [-0.1, -0.05) is 0 Å². The van der Waals surface area contributed by atoms with Gasteiger partial charge in [0, 0.05) is 6.42 Å². The van der Waals surface area contributed by atoms with Gasteiger partial charge >= 0.3 is 5.97 Å². The molecule has 1 aromatic carbocycles. The standard InChI is InChI=1S/C15H19NO4S/c17-15-14-2-1-13(9-12(14)5-8-20-15)21(18,19)10-11-3-6-16-7-4-11/h1-2,9,11,16H,3-8,10H2. The molecular weight excluding hydrogens is 290 g/mol. The molecule has 2 aliphatic rings. The van der Waals surface area contributed by atoms with E-state index in [2.05, 4.69) is 5.32 Å². The number of ether oxygens (including phenoxy) is 1. The molecule has 1 saturated heterocycles. The molecule has 0 amide bonds. The van der Waals surface area contributed by atoms with E-state index in [0.29, 0.717) is 23.5 Å². The van der Waals surface area contributed by atoms with Gasteiger partial charge in [0.1, 0.15) is 0 Å². The number of fused-ring (bicyclic) bond motifs is 1. The quantitative estimate of drug-likeness (QED) is 0.849. The molecule has 1 N–H and O–H groups in total. The van der Waals surface area contributed by atoms with Gasteiger partial charge in [0.15, 0.2) is 9.84 Å². The highest BCUT2D eigenvalue weighted by molar-refractivity contribution is 7.91. The second-order valence-electron chi connectivity index (χ2n) is 5.68. The van der Waals surface area contributed by atoms with Crippen LogP contribution in [0, 0.1) is 5.92 Å². The van der Waals surface area contributed by atoms with E-state index in [1.54, 1.807) is 12.1 Å². The molecule has 5 nitrogen and oxygen atoms in total. The number of hydrogen-bond donors (Lipinski definition) is 1. The zero-order chi connectivity index (χ0) is 14.9. The minimum absolute atomic E-state index is 0.192. The lowest BCUT2D eigenvalue weighted by Gasteiger charge is -2.22. The fourth-order valence-corrected chi connectivity index (χ4v) is 4.70. The first kappa shape index (κ1) is 14.5. The highest BCUT2D eigenvalue weighted by Gasteiger charge is 2.25. The Morgan fingerprint density at radius 1 is 1.24 bits per heavy atom. The van der Waals surface area contributed by atoms with E-state index in [-0.39, 0.29) is 17.6 Å². The average Bonchev–Trinajstić information content (AvgIpc) is 2.48. The van der Waals surface area contributed by atoms with Crippen LogP contribution in [-0.2, 0) is 21.0 Å². The van der Waals surface area contributed by atoms with Crippen LogP contribution in [0.5, 0.6) is 0 Å². The molecule has 114 valence electrons. The lowest BCUT2D eigenvalue weighted by atomic mass is 10.0. The van der Waals surface area contributed by atoms with Crippen LogP contribution in [0.3, 0.4) is 0 Å². The highest BCUT2D eigenvalue weighted by atomic mass is 32.2. The fraction of sp³-hybridized carbons (Fsp3) is 0.533. The van der Waals surface area contributed by atoms with E-state index >= 15 is 0 Å². The molecule has 6 heteroatoms. The lowest BCUT2D eigenvalue weighted by Crippen LogP contribution is -2.31. The number of benzene rings is 1. The minimum Gasteiger partial charge on any atom is -0.462 e. The summed E-state index contributed by atoms with van der Waals surface area (Å²) in [5.74, 6) is 0.0496. The topological polar surface area (TPSA) is 72.5 Å². The first-order chi connectivity index (χ1) is 10.1. The molecule has 21 heavy (non-hydrogen) atoms. The summed E-state index contributed by atoms with van der Waals surface area (Å²) in [5, 5.41) is 3.24. The second kappa shape index (κ2) is 5.77. The maximum absolute atomic E-state index is 12.5. The van der Waals surface area contributed by atoms with Crippen LogP contribution in [0.1, 0.15) is 28.8 Å². The Morgan fingerprint density at radius 2 is 2.00 bits per heavy atom. The van der Waals surface area contributed by atoms with Crippen LogP contribution in [0.15, 0.2) is 23.1 Å². The molecule has 0 aromatic heterocycles. The number of rotatable bonds is 3. The van der Waals surface area contributed by atoms with Crippen LogP contribution in [0.25, 0.3) is 0 Å². The molecule has 0 saturated carbocycles. The Morgan fingerprint density at radius 3 is 2.76 bits per heavy atom. The summed E-state index contributed by atoms with van der Waals surface area (Å²) in [6.07, 6.45) is 2.38. The first-order valence-corrected chi connectivity index (χ1v) is 8.95. The van der Waals surface area contributed by atoms with Gasteiger partial charge in [-0.2, -0.15) is 0 Å². The third-order valence-corrected chi connectivity index (χ3v) is 6.06. The third kappa shape index (κ3) is 3.11. The molecule has 0 bridgehead atoms. The molecule has 1 fully saturated rings.